The Bertz CT molecular complexity index is 467. The van der Waals surface area contributed by atoms with E-state index in [1.165, 1.54) is 0 Å². The van der Waals surface area contributed by atoms with Crippen LogP contribution < -0.4 is 0 Å². The van der Waals surface area contributed by atoms with Gasteiger partial charge in [-0.05, 0) is 47.7 Å². The van der Waals surface area contributed by atoms with Crippen molar-refractivity contribution in [3.05, 3.63) is 11.8 Å². The summed E-state index contributed by atoms with van der Waals surface area (Å²) in [5.74, 6) is 0. The predicted octanol–water partition coefficient (Wildman–Crippen LogP) is 4.41. The quantitative estimate of drug-likeness (QED) is 0.394. The van der Waals surface area contributed by atoms with Gasteiger partial charge in [-0.1, -0.05) is 5.57 Å². The fourth-order valence-electron chi connectivity index (χ4n) is 2.46. The molecular weight excluding hydrogens is 340 g/mol. The molecule has 0 bridgehead atoms. The second-order valence-electron chi connectivity index (χ2n) is 5.27. The van der Waals surface area contributed by atoms with Crippen LogP contribution in [0.2, 0.25) is 0 Å². The number of allylic oxidation sites excluding steroid dienone is 1. The van der Waals surface area contributed by atoms with Gasteiger partial charge in [-0.25, -0.2) is 0 Å². The summed E-state index contributed by atoms with van der Waals surface area (Å²) in [4.78, 5) is 1.69. The Morgan fingerprint density at radius 3 is 1.52 bits per heavy atom. The maximum atomic E-state index is 13.4. The zero-order valence-corrected chi connectivity index (χ0v) is 16.7. The van der Waals surface area contributed by atoms with Crippen molar-refractivity contribution in [1.82, 2.24) is 4.90 Å². The highest BCUT2D eigenvalue weighted by atomic mass is 31.2. The topological polar surface area (TPSA) is 74.1 Å². The molecule has 0 atom stereocenters. The third-order valence-electron chi connectivity index (χ3n) is 3.23. The van der Waals surface area contributed by atoms with E-state index in [1.54, 1.807) is 38.8 Å². The van der Waals surface area contributed by atoms with Crippen molar-refractivity contribution in [1.29, 1.82) is 0 Å². The van der Waals surface area contributed by atoms with Gasteiger partial charge in [-0.3, -0.25) is 9.13 Å². The summed E-state index contributed by atoms with van der Waals surface area (Å²) in [6, 6.07) is 0. The number of rotatable bonds is 11. The highest BCUT2D eigenvalue weighted by Crippen LogP contribution is 2.84. The molecule has 0 amide bonds. The maximum Gasteiger partial charge on any atom is 0.370 e. The first kappa shape index (κ1) is 20.9. The van der Waals surface area contributed by atoms with Gasteiger partial charge in [0.05, 0.1) is 33.0 Å². The molecule has 1 fully saturated rings. The van der Waals surface area contributed by atoms with Crippen LogP contribution in [0.3, 0.4) is 0 Å². The van der Waals surface area contributed by atoms with E-state index in [1.807, 2.05) is 13.8 Å². The lowest BCUT2D eigenvalue weighted by molar-refractivity contribution is 0.186. The summed E-state index contributed by atoms with van der Waals surface area (Å²) in [6.45, 7) is 11.7. The Balaban J connectivity index is 3.42. The van der Waals surface area contributed by atoms with Gasteiger partial charge < -0.3 is 23.0 Å². The molecule has 0 unspecified atom stereocenters. The molecule has 1 saturated heterocycles. The van der Waals surface area contributed by atoms with E-state index in [0.717, 1.165) is 5.57 Å². The number of nitrogens with zero attached hydrogens (tertiary/aromatic N) is 1. The minimum atomic E-state index is -3.74. The summed E-state index contributed by atoms with van der Waals surface area (Å²) in [7, 11) is -7.47. The lowest BCUT2D eigenvalue weighted by Crippen LogP contribution is -2.24. The summed E-state index contributed by atoms with van der Waals surface area (Å²) in [5.41, 5.74) is 0.978. The zero-order chi connectivity index (χ0) is 17.7. The van der Waals surface area contributed by atoms with Crippen LogP contribution in [0.15, 0.2) is 11.8 Å². The molecule has 23 heavy (non-hydrogen) atoms. The van der Waals surface area contributed by atoms with Crippen LogP contribution >= 0.6 is 15.2 Å². The lowest BCUT2D eigenvalue weighted by atomic mass is 10.4. The Kier molecular flexibility index (Phi) is 7.52. The SMILES string of the molecule is CCOP(=O)(OCC)C1(P(=O)(OCC)OCC)CN1C=C(C)C. The van der Waals surface area contributed by atoms with Gasteiger partial charge in [0.25, 0.3) is 5.02 Å². The van der Waals surface area contributed by atoms with Gasteiger partial charge in [0, 0.05) is 0 Å². The van der Waals surface area contributed by atoms with Crippen LogP contribution in [0.5, 0.6) is 0 Å². The summed E-state index contributed by atoms with van der Waals surface area (Å²) in [5, 5.41) is -1.41. The molecule has 1 heterocycles. The molecule has 0 aromatic heterocycles. The minimum absolute atomic E-state index is 0.180. The molecule has 0 saturated carbocycles. The van der Waals surface area contributed by atoms with E-state index in [2.05, 4.69) is 0 Å². The molecule has 0 aromatic rings. The molecule has 1 aliphatic heterocycles. The van der Waals surface area contributed by atoms with Crippen molar-refractivity contribution in [2.75, 3.05) is 33.0 Å². The van der Waals surface area contributed by atoms with Crippen LogP contribution in [0.1, 0.15) is 41.5 Å². The highest BCUT2D eigenvalue weighted by Gasteiger charge is 2.78. The Morgan fingerprint density at radius 1 is 0.913 bits per heavy atom. The van der Waals surface area contributed by atoms with Crippen molar-refractivity contribution < 1.29 is 27.2 Å². The molecule has 0 aliphatic carbocycles. The Morgan fingerprint density at radius 2 is 1.26 bits per heavy atom. The van der Waals surface area contributed by atoms with Crippen LogP contribution in [-0.2, 0) is 27.2 Å². The Labute approximate surface area is 139 Å². The Hall–Kier alpha value is -0.160. The zero-order valence-electron chi connectivity index (χ0n) is 14.9. The van der Waals surface area contributed by atoms with E-state index >= 15 is 0 Å². The number of hydrogen-bond acceptors (Lipinski definition) is 7. The largest absolute Gasteiger partial charge is 0.370 e. The summed E-state index contributed by atoms with van der Waals surface area (Å²) < 4.78 is 48.8. The molecule has 1 aliphatic rings. The fraction of sp³-hybridized carbons (Fsp3) is 0.857. The molecule has 7 nitrogen and oxygen atoms in total. The van der Waals surface area contributed by atoms with Crippen LogP contribution in [0, 0.1) is 0 Å². The number of hydrogen-bond donors (Lipinski definition) is 0. The lowest BCUT2D eigenvalue weighted by Gasteiger charge is -2.31. The van der Waals surface area contributed by atoms with Gasteiger partial charge in [-0.15, -0.1) is 0 Å². The van der Waals surface area contributed by atoms with Crippen molar-refractivity contribution in [3.8, 4) is 0 Å². The van der Waals surface area contributed by atoms with E-state index in [9.17, 15) is 9.13 Å². The van der Waals surface area contributed by atoms with Gasteiger partial charge in [0.2, 0.25) is 0 Å². The molecule has 136 valence electrons. The first-order chi connectivity index (χ1) is 10.8. The molecule has 0 spiro atoms. The van der Waals surface area contributed by atoms with Crippen LogP contribution in [0.25, 0.3) is 0 Å². The smallest absolute Gasteiger partial charge is 0.346 e. The molecular formula is C14H29NO6P2. The first-order valence-electron chi connectivity index (χ1n) is 7.97. The summed E-state index contributed by atoms with van der Waals surface area (Å²) >= 11 is 0. The molecule has 9 heteroatoms. The van der Waals surface area contributed by atoms with Crippen molar-refractivity contribution in [3.63, 3.8) is 0 Å². The molecule has 0 radical (unpaired) electrons. The fourth-order valence-corrected chi connectivity index (χ4v) is 8.08. The normalized spacial score (nSPS) is 17.2. The highest BCUT2D eigenvalue weighted by molar-refractivity contribution is 7.74. The first-order valence-corrected chi connectivity index (χ1v) is 11.1. The van der Waals surface area contributed by atoms with E-state index in [-0.39, 0.29) is 33.0 Å². The van der Waals surface area contributed by atoms with Gasteiger partial charge in [0.1, 0.15) is 0 Å². The summed E-state index contributed by atoms with van der Waals surface area (Å²) in [6.07, 6.45) is 1.79. The average molecular weight is 369 g/mol. The van der Waals surface area contributed by atoms with Crippen molar-refractivity contribution >= 4 is 15.2 Å². The van der Waals surface area contributed by atoms with E-state index < -0.39 is 20.2 Å². The van der Waals surface area contributed by atoms with Crippen LogP contribution in [0.4, 0.5) is 0 Å². The third-order valence-corrected chi connectivity index (χ3v) is 9.64. The third kappa shape index (κ3) is 3.92. The molecule has 0 N–H and O–H groups in total. The molecule has 1 rings (SSSR count). The maximum absolute atomic E-state index is 13.4. The van der Waals surface area contributed by atoms with Crippen molar-refractivity contribution in [2.24, 2.45) is 0 Å². The van der Waals surface area contributed by atoms with Gasteiger partial charge in [0.15, 0.2) is 0 Å². The standard InChI is InChI=1S/C14H29NO6P2/c1-7-18-22(16,19-8-2)14(12-15(14)11-13(5)6)23(17,20-9-3)21-10-4/h11H,7-10,12H2,1-6H3. The monoisotopic (exact) mass is 369 g/mol. The van der Waals surface area contributed by atoms with E-state index in [0.29, 0.717) is 0 Å². The average Bonchev–Trinajstić information content (AvgIpc) is 3.15. The minimum Gasteiger partial charge on any atom is -0.346 e. The molecule has 0 aromatic carbocycles. The van der Waals surface area contributed by atoms with Crippen molar-refractivity contribution in [2.45, 2.75) is 46.6 Å². The van der Waals surface area contributed by atoms with Gasteiger partial charge in [-0.2, -0.15) is 0 Å². The predicted molar refractivity (Wildman–Crippen MR) is 90.6 cm³/mol. The second-order valence-corrected chi connectivity index (χ2v) is 10.1. The van der Waals surface area contributed by atoms with Crippen LogP contribution in [-0.4, -0.2) is 42.9 Å². The second kappa shape index (κ2) is 8.28. The van der Waals surface area contributed by atoms with Gasteiger partial charge >= 0.3 is 15.2 Å². The van der Waals surface area contributed by atoms with E-state index in [4.69, 9.17) is 18.1 Å².